The predicted octanol–water partition coefficient (Wildman–Crippen LogP) is 5.08. The highest BCUT2D eigenvalue weighted by molar-refractivity contribution is 5.32. The molecule has 0 aromatic heterocycles. The van der Waals surface area contributed by atoms with Gasteiger partial charge in [-0.1, -0.05) is 56.3 Å². The van der Waals surface area contributed by atoms with Crippen LogP contribution in [-0.2, 0) is 0 Å². The number of rotatable bonds is 5. The molecule has 19 heavy (non-hydrogen) atoms. The fourth-order valence-corrected chi connectivity index (χ4v) is 2.93. The summed E-state index contributed by atoms with van der Waals surface area (Å²) in [7, 11) is 0. The van der Waals surface area contributed by atoms with Gasteiger partial charge < -0.3 is 5.11 Å². The molecule has 0 spiro atoms. The lowest BCUT2D eigenvalue weighted by Gasteiger charge is -2.26. The second-order valence-electron chi connectivity index (χ2n) is 5.03. The minimum Gasteiger partial charge on any atom is -0.508 e. The van der Waals surface area contributed by atoms with Gasteiger partial charge in [-0.15, -0.1) is 0 Å². The maximum absolute atomic E-state index is 9.42. The van der Waals surface area contributed by atoms with Gasteiger partial charge in [0.15, 0.2) is 0 Å². The summed E-state index contributed by atoms with van der Waals surface area (Å²) < 4.78 is 0. The van der Waals surface area contributed by atoms with E-state index in [1.165, 1.54) is 11.1 Å². The molecule has 0 bridgehead atoms. The van der Waals surface area contributed by atoms with Crippen LogP contribution in [0.2, 0.25) is 0 Å². The molecule has 0 radical (unpaired) electrons. The molecule has 0 saturated heterocycles. The molecular formula is C18H22O. The lowest BCUT2D eigenvalue weighted by molar-refractivity contribution is 0.473. The summed E-state index contributed by atoms with van der Waals surface area (Å²) in [5, 5.41) is 9.42. The Bertz CT molecular complexity index is 487. The molecule has 100 valence electrons. The molecule has 2 atom stereocenters. The largest absolute Gasteiger partial charge is 0.508 e. The molecule has 0 amide bonds. The van der Waals surface area contributed by atoms with Gasteiger partial charge in [0, 0.05) is 0 Å². The number of phenols is 1. The van der Waals surface area contributed by atoms with Crippen molar-refractivity contribution in [3.8, 4) is 5.75 Å². The molecule has 0 heterocycles. The Hall–Kier alpha value is -1.76. The van der Waals surface area contributed by atoms with E-state index in [-0.39, 0.29) is 0 Å². The van der Waals surface area contributed by atoms with Crippen LogP contribution in [0.25, 0.3) is 0 Å². The molecule has 2 aromatic rings. The third kappa shape index (κ3) is 3.17. The van der Waals surface area contributed by atoms with Crippen LogP contribution in [0.5, 0.6) is 5.75 Å². The Kier molecular flexibility index (Phi) is 4.62. The van der Waals surface area contributed by atoms with Crippen LogP contribution in [-0.4, -0.2) is 5.11 Å². The molecule has 0 aliphatic heterocycles. The van der Waals surface area contributed by atoms with E-state index in [2.05, 4.69) is 56.3 Å². The zero-order chi connectivity index (χ0) is 13.7. The monoisotopic (exact) mass is 254 g/mol. The number of hydrogen-bond acceptors (Lipinski definition) is 1. The van der Waals surface area contributed by atoms with Crippen molar-refractivity contribution in [1.29, 1.82) is 0 Å². The molecular weight excluding hydrogens is 232 g/mol. The molecule has 0 aliphatic carbocycles. The Morgan fingerprint density at radius 3 is 1.68 bits per heavy atom. The molecule has 2 aromatic carbocycles. The second kappa shape index (κ2) is 6.42. The first-order chi connectivity index (χ1) is 9.26. The van der Waals surface area contributed by atoms with Crippen LogP contribution in [0.3, 0.4) is 0 Å². The minimum absolute atomic E-state index is 0.339. The van der Waals surface area contributed by atoms with Gasteiger partial charge >= 0.3 is 0 Å². The average molecular weight is 254 g/mol. The highest BCUT2D eigenvalue weighted by atomic mass is 16.3. The van der Waals surface area contributed by atoms with Crippen molar-refractivity contribution in [3.05, 3.63) is 65.7 Å². The van der Waals surface area contributed by atoms with Gasteiger partial charge in [-0.25, -0.2) is 0 Å². The van der Waals surface area contributed by atoms with Gasteiger partial charge in [-0.3, -0.25) is 0 Å². The number of aromatic hydroxyl groups is 1. The van der Waals surface area contributed by atoms with E-state index in [9.17, 15) is 5.11 Å². The zero-order valence-corrected chi connectivity index (χ0v) is 11.7. The first-order valence-corrected chi connectivity index (χ1v) is 7.10. The van der Waals surface area contributed by atoms with Crippen molar-refractivity contribution in [2.75, 3.05) is 0 Å². The second-order valence-corrected chi connectivity index (χ2v) is 5.03. The average Bonchev–Trinajstić information content (AvgIpc) is 2.47. The lowest BCUT2D eigenvalue weighted by atomic mass is 9.78. The van der Waals surface area contributed by atoms with Crippen molar-refractivity contribution in [2.45, 2.75) is 38.5 Å². The normalized spacial score (nSPS) is 14.0. The quantitative estimate of drug-likeness (QED) is 0.789. The SMILES string of the molecule is CCC(c1ccccc1)C(CC)c1ccc(O)cc1. The molecule has 0 fully saturated rings. The van der Waals surface area contributed by atoms with Gasteiger partial charge in [0.25, 0.3) is 0 Å². The summed E-state index contributed by atoms with van der Waals surface area (Å²) in [4.78, 5) is 0. The smallest absolute Gasteiger partial charge is 0.115 e. The fourth-order valence-electron chi connectivity index (χ4n) is 2.93. The highest BCUT2D eigenvalue weighted by Gasteiger charge is 2.21. The summed E-state index contributed by atoms with van der Waals surface area (Å²) in [6, 6.07) is 18.4. The van der Waals surface area contributed by atoms with Gasteiger partial charge in [-0.05, 0) is 47.9 Å². The van der Waals surface area contributed by atoms with E-state index in [0.29, 0.717) is 17.6 Å². The molecule has 1 N–H and O–H groups in total. The van der Waals surface area contributed by atoms with Gasteiger partial charge in [0.1, 0.15) is 5.75 Å². The van der Waals surface area contributed by atoms with E-state index in [0.717, 1.165) is 12.8 Å². The van der Waals surface area contributed by atoms with Crippen LogP contribution in [0.15, 0.2) is 54.6 Å². The van der Waals surface area contributed by atoms with Crippen LogP contribution >= 0.6 is 0 Å². The summed E-state index contributed by atoms with van der Waals surface area (Å²) in [5.41, 5.74) is 2.72. The van der Waals surface area contributed by atoms with Crippen molar-refractivity contribution in [2.24, 2.45) is 0 Å². The maximum atomic E-state index is 9.42. The van der Waals surface area contributed by atoms with Gasteiger partial charge in [-0.2, -0.15) is 0 Å². The standard InChI is InChI=1S/C18H22O/c1-3-17(14-8-6-5-7-9-14)18(4-2)15-10-12-16(19)13-11-15/h5-13,17-19H,3-4H2,1-2H3. The number of hydrogen-bond donors (Lipinski definition) is 1. The van der Waals surface area contributed by atoms with Crippen molar-refractivity contribution < 1.29 is 5.11 Å². The Morgan fingerprint density at radius 1 is 0.737 bits per heavy atom. The fraction of sp³-hybridized carbons (Fsp3) is 0.333. The number of benzene rings is 2. The van der Waals surface area contributed by atoms with Crippen LogP contribution in [0.4, 0.5) is 0 Å². The molecule has 0 saturated carbocycles. The summed E-state index contributed by atoms with van der Waals surface area (Å²) in [6.07, 6.45) is 2.24. The van der Waals surface area contributed by atoms with E-state index in [1.54, 1.807) is 12.1 Å². The third-order valence-electron chi connectivity index (χ3n) is 3.91. The molecule has 1 nitrogen and oxygen atoms in total. The molecule has 1 heteroatoms. The lowest BCUT2D eigenvalue weighted by Crippen LogP contribution is -2.10. The van der Waals surface area contributed by atoms with E-state index in [1.807, 2.05) is 0 Å². The van der Waals surface area contributed by atoms with E-state index in [4.69, 9.17) is 0 Å². The van der Waals surface area contributed by atoms with Crippen LogP contribution in [0.1, 0.15) is 49.7 Å². The molecule has 2 unspecified atom stereocenters. The molecule has 0 aliphatic rings. The number of phenolic OH excluding ortho intramolecular Hbond substituents is 1. The summed E-state index contributed by atoms with van der Waals surface area (Å²) >= 11 is 0. The Morgan fingerprint density at radius 2 is 1.21 bits per heavy atom. The maximum Gasteiger partial charge on any atom is 0.115 e. The molecule has 2 rings (SSSR count). The van der Waals surface area contributed by atoms with Crippen LogP contribution in [0, 0.1) is 0 Å². The van der Waals surface area contributed by atoms with Gasteiger partial charge in [0.05, 0.1) is 0 Å². The van der Waals surface area contributed by atoms with Crippen molar-refractivity contribution in [1.82, 2.24) is 0 Å². The Labute approximate surface area is 115 Å². The van der Waals surface area contributed by atoms with Crippen molar-refractivity contribution in [3.63, 3.8) is 0 Å². The zero-order valence-electron chi connectivity index (χ0n) is 11.7. The Balaban J connectivity index is 2.31. The van der Waals surface area contributed by atoms with Crippen LogP contribution < -0.4 is 0 Å². The first-order valence-electron chi connectivity index (χ1n) is 7.10. The van der Waals surface area contributed by atoms with E-state index >= 15 is 0 Å². The third-order valence-corrected chi connectivity index (χ3v) is 3.91. The van der Waals surface area contributed by atoms with Gasteiger partial charge in [0.2, 0.25) is 0 Å². The first kappa shape index (κ1) is 13.7. The summed E-state index contributed by atoms with van der Waals surface area (Å²) in [5.74, 6) is 1.38. The van der Waals surface area contributed by atoms with Crippen molar-refractivity contribution >= 4 is 0 Å². The minimum atomic E-state index is 0.339. The predicted molar refractivity (Wildman–Crippen MR) is 80.6 cm³/mol. The summed E-state index contributed by atoms with van der Waals surface area (Å²) in [6.45, 7) is 4.49. The highest BCUT2D eigenvalue weighted by Crippen LogP contribution is 2.38. The van der Waals surface area contributed by atoms with E-state index < -0.39 is 0 Å². The topological polar surface area (TPSA) is 20.2 Å².